The van der Waals surface area contributed by atoms with Gasteiger partial charge in [-0.2, -0.15) is 15.5 Å². The molecule has 194 valence electrons. The van der Waals surface area contributed by atoms with Crippen molar-refractivity contribution in [2.45, 2.75) is 30.7 Å². The Morgan fingerprint density at radius 2 is 1.82 bits per heavy atom. The van der Waals surface area contributed by atoms with Gasteiger partial charge in [0.25, 0.3) is 0 Å². The smallest absolute Gasteiger partial charge is 0.229 e. The van der Waals surface area contributed by atoms with Gasteiger partial charge in [0.2, 0.25) is 6.29 Å². The zero-order chi connectivity index (χ0) is 26.8. The van der Waals surface area contributed by atoms with Crippen molar-refractivity contribution >= 4 is 17.2 Å². The highest BCUT2D eigenvalue weighted by molar-refractivity contribution is 5.80. The van der Waals surface area contributed by atoms with Crippen molar-refractivity contribution in [3.63, 3.8) is 0 Å². The van der Waals surface area contributed by atoms with E-state index in [9.17, 15) is 20.4 Å². The van der Waals surface area contributed by atoms with E-state index in [1.165, 1.54) is 23.4 Å². The Morgan fingerprint density at radius 3 is 2.50 bits per heavy atom. The SMILES string of the molecule is N#Cc1ccc(-n2ncc3c(=N)n(/N=C\c4ccc(OC5OC(CO)C(O)C(O)C5O)cc4)cnc32)cc1. The number of hydrogen-bond acceptors (Lipinski definition) is 11. The summed E-state index contributed by atoms with van der Waals surface area (Å²) in [6.45, 7) is -0.549. The van der Waals surface area contributed by atoms with Crippen molar-refractivity contribution in [1.82, 2.24) is 19.4 Å². The number of benzene rings is 2. The van der Waals surface area contributed by atoms with E-state index < -0.39 is 37.3 Å². The summed E-state index contributed by atoms with van der Waals surface area (Å²) in [5.41, 5.74) is 2.46. The highest BCUT2D eigenvalue weighted by Crippen LogP contribution is 2.24. The van der Waals surface area contributed by atoms with Gasteiger partial charge in [0.1, 0.15) is 36.5 Å². The quantitative estimate of drug-likeness (QED) is 0.212. The van der Waals surface area contributed by atoms with Gasteiger partial charge in [0.15, 0.2) is 11.1 Å². The van der Waals surface area contributed by atoms with Crippen LogP contribution in [0.5, 0.6) is 5.75 Å². The third-order valence-electron chi connectivity index (χ3n) is 6.07. The standard InChI is InChI=1S/C25H23N7O6/c26-9-14-1-5-16(6-2-14)32-24-18(11-30-32)23(27)31(13-28-24)29-10-15-3-7-17(8-4-15)37-25-22(36)21(35)20(34)19(12-33)38-25/h1-8,10-11,13,19-22,25,27,33-36H,12H2/b27-23?,29-10-. The lowest BCUT2D eigenvalue weighted by atomic mass is 9.99. The first-order valence-electron chi connectivity index (χ1n) is 11.5. The minimum Gasteiger partial charge on any atom is -0.462 e. The number of ether oxygens (including phenoxy) is 2. The van der Waals surface area contributed by atoms with E-state index in [0.29, 0.717) is 33.6 Å². The first kappa shape index (κ1) is 25.2. The lowest BCUT2D eigenvalue weighted by molar-refractivity contribution is -0.277. The minimum absolute atomic E-state index is 0.0775. The van der Waals surface area contributed by atoms with Crippen LogP contribution in [0.4, 0.5) is 0 Å². The van der Waals surface area contributed by atoms with Crippen LogP contribution in [0.15, 0.2) is 66.2 Å². The molecule has 1 aliphatic heterocycles. The number of nitrogens with zero attached hydrogens (tertiary/aromatic N) is 6. The van der Waals surface area contributed by atoms with E-state index in [-0.39, 0.29) is 5.49 Å². The lowest BCUT2D eigenvalue weighted by Gasteiger charge is -2.39. The molecule has 5 rings (SSSR count). The van der Waals surface area contributed by atoms with Crippen LogP contribution in [0.3, 0.4) is 0 Å². The number of aliphatic hydroxyl groups excluding tert-OH is 4. The van der Waals surface area contributed by atoms with Crippen LogP contribution in [-0.4, -0.2) is 83.4 Å². The fraction of sp³-hybridized carbons (Fsp3) is 0.240. The molecule has 3 heterocycles. The topological polar surface area (TPSA) is 195 Å². The minimum atomic E-state index is -1.53. The van der Waals surface area contributed by atoms with Crippen molar-refractivity contribution < 1.29 is 29.9 Å². The molecule has 5 unspecified atom stereocenters. The highest BCUT2D eigenvalue weighted by atomic mass is 16.7. The number of rotatable bonds is 6. The molecule has 0 spiro atoms. The molecule has 38 heavy (non-hydrogen) atoms. The summed E-state index contributed by atoms with van der Waals surface area (Å²) in [4.78, 5) is 4.40. The highest BCUT2D eigenvalue weighted by Gasteiger charge is 2.44. The molecule has 4 aromatic rings. The fourth-order valence-electron chi connectivity index (χ4n) is 3.94. The Morgan fingerprint density at radius 1 is 1.08 bits per heavy atom. The molecule has 0 aliphatic carbocycles. The van der Waals surface area contributed by atoms with Crippen LogP contribution >= 0.6 is 0 Å². The predicted molar refractivity (Wildman–Crippen MR) is 131 cm³/mol. The normalized spacial score (nSPS) is 23.5. The van der Waals surface area contributed by atoms with Gasteiger partial charge < -0.3 is 29.9 Å². The number of nitrogens with one attached hydrogen (secondary N) is 1. The Hall–Kier alpha value is -4.45. The molecule has 0 saturated carbocycles. The van der Waals surface area contributed by atoms with E-state index in [1.807, 2.05) is 0 Å². The first-order valence-corrected chi connectivity index (χ1v) is 11.5. The van der Waals surface area contributed by atoms with Crippen LogP contribution < -0.4 is 10.2 Å². The summed E-state index contributed by atoms with van der Waals surface area (Å²) in [6, 6.07) is 15.5. The molecule has 13 heteroatoms. The van der Waals surface area contributed by atoms with Gasteiger partial charge in [-0.3, -0.25) is 5.41 Å². The first-order chi connectivity index (χ1) is 18.4. The van der Waals surface area contributed by atoms with Gasteiger partial charge >= 0.3 is 0 Å². The van der Waals surface area contributed by atoms with E-state index in [0.717, 1.165) is 0 Å². The zero-order valence-corrected chi connectivity index (χ0v) is 19.7. The molecule has 5 N–H and O–H groups in total. The molecule has 2 aromatic heterocycles. The lowest BCUT2D eigenvalue weighted by Crippen LogP contribution is -2.60. The molecule has 0 radical (unpaired) electrons. The summed E-state index contributed by atoms with van der Waals surface area (Å²) in [5.74, 6) is 0.318. The Kier molecular flexibility index (Phi) is 6.97. The summed E-state index contributed by atoms with van der Waals surface area (Å²) < 4.78 is 13.8. The molecular formula is C25H23N7O6. The molecule has 1 aliphatic rings. The Labute approximate surface area is 215 Å². The number of hydrogen-bond donors (Lipinski definition) is 5. The van der Waals surface area contributed by atoms with Crippen LogP contribution in [0.25, 0.3) is 16.7 Å². The van der Waals surface area contributed by atoms with Crippen LogP contribution in [0.2, 0.25) is 0 Å². The van der Waals surface area contributed by atoms with Gasteiger partial charge in [-0.1, -0.05) is 0 Å². The molecule has 5 atom stereocenters. The van der Waals surface area contributed by atoms with E-state index in [1.54, 1.807) is 53.2 Å². The average Bonchev–Trinajstić information content (AvgIpc) is 3.39. The summed E-state index contributed by atoms with van der Waals surface area (Å²) in [7, 11) is 0. The maximum atomic E-state index is 10.1. The summed E-state index contributed by atoms with van der Waals surface area (Å²) in [5, 5.41) is 65.8. The predicted octanol–water partition coefficient (Wildman–Crippen LogP) is -0.366. The number of aliphatic hydroxyl groups is 4. The second-order valence-electron chi connectivity index (χ2n) is 8.52. The average molecular weight is 518 g/mol. The monoisotopic (exact) mass is 517 g/mol. The Bertz CT molecular complexity index is 1560. The van der Waals surface area contributed by atoms with Crippen LogP contribution in [0.1, 0.15) is 11.1 Å². The Balaban J connectivity index is 1.30. The maximum Gasteiger partial charge on any atom is 0.229 e. The second-order valence-corrected chi connectivity index (χ2v) is 8.52. The van der Waals surface area contributed by atoms with Crippen molar-refractivity contribution in [2.24, 2.45) is 5.10 Å². The zero-order valence-electron chi connectivity index (χ0n) is 19.7. The van der Waals surface area contributed by atoms with Gasteiger partial charge in [0.05, 0.1) is 41.7 Å². The summed E-state index contributed by atoms with van der Waals surface area (Å²) >= 11 is 0. The van der Waals surface area contributed by atoms with E-state index in [2.05, 4.69) is 21.3 Å². The molecule has 1 saturated heterocycles. The molecule has 2 aromatic carbocycles. The molecule has 0 amide bonds. The molecule has 0 bridgehead atoms. The molecule has 13 nitrogen and oxygen atoms in total. The van der Waals surface area contributed by atoms with E-state index >= 15 is 0 Å². The van der Waals surface area contributed by atoms with Crippen LogP contribution in [-0.2, 0) is 4.74 Å². The van der Waals surface area contributed by atoms with Crippen molar-refractivity contribution in [3.8, 4) is 17.5 Å². The third-order valence-corrected chi connectivity index (χ3v) is 6.07. The summed E-state index contributed by atoms with van der Waals surface area (Å²) in [6.07, 6.45) is -2.40. The van der Waals surface area contributed by atoms with Crippen LogP contribution in [0, 0.1) is 16.7 Å². The third kappa shape index (κ3) is 4.77. The van der Waals surface area contributed by atoms with Crippen molar-refractivity contribution in [3.05, 3.63) is 77.7 Å². The molecular weight excluding hydrogens is 494 g/mol. The van der Waals surface area contributed by atoms with Crippen molar-refractivity contribution in [2.75, 3.05) is 6.61 Å². The largest absolute Gasteiger partial charge is 0.462 e. The van der Waals surface area contributed by atoms with Crippen molar-refractivity contribution in [1.29, 1.82) is 10.7 Å². The number of fused-ring (bicyclic) bond motifs is 1. The number of aromatic nitrogens is 4. The van der Waals surface area contributed by atoms with Gasteiger partial charge in [-0.05, 0) is 54.1 Å². The van der Waals surface area contributed by atoms with E-state index in [4.69, 9.17) is 20.1 Å². The van der Waals surface area contributed by atoms with Gasteiger partial charge in [0, 0.05) is 0 Å². The fourth-order valence-corrected chi connectivity index (χ4v) is 3.94. The second kappa shape index (κ2) is 10.5. The maximum absolute atomic E-state index is 10.1. The van der Waals surface area contributed by atoms with Gasteiger partial charge in [-0.25, -0.2) is 14.3 Å². The van der Waals surface area contributed by atoms with Gasteiger partial charge in [-0.15, -0.1) is 0 Å². The molecule has 1 fully saturated rings. The number of nitriles is 1.